The van der Waals surface area contributed by atoms with Crippen molar-refractivity contribution in [3.63, 3.8) is 0 Å². The molecule has 0 rings (SSSR count). The first kappa shape index (κ1) is 37.7. The number of aliphatic imine (C=N–C) groups is 1. The second-order valence-corrected chi connectivity index (χ2v) is 11.9. The van der Waals surface area contributed by atoms with E-state index < -0.39 is 0 Å². The number of unbranched alkanes of at least 4 members (excludes halogenated alkanes) is 23. The Morgan fingerprint density at radius 3 is 1.15 bits per heavy atom. The van der Waals surface area contributed by atoms with Crippen LogP contribution in [0.5, 0.6) is 0 Å². The van der Waals surface area contributed by atoms with Crippen molar-refractivity contribution in [3.05, 3.63) is 0 Å². The van der Waals surface area contributed by atoms with Crippen molar-refractivity contribution in [1.82, 2.24) is 4.90 Å². The SMILES string of the molecule is CCCCCCCCCCCCCCN(CCCCCCCCCCCCCC)C(N)=NCCCCC(N)=O. The molecule has 5 heteroatoms. The molecule has 0 aromatic rings. The summed E-state index contributed by atoms with van der Waals surface area (Å²) in [5, 5.41) is 0. The van der Waals surface area contributed by atoms with Crippen molar-refractivity contribution in [1.29, 1.82) is 0 Å². The fourth-order valence-electron chi connectivity index (χ4n) is 5.33. The molecule has 0 aliphatic rings. The van der Waals surface area contributed by atoms with Crippen molar-refractivity contribution in [2.24, 2.45) is 16.5 Å². The summed E-state index contributed by atoms with van der Waals surface area (Å²) in [4.78, 5) is 17.9. The second kappa shape index (κ2) is 31.3. The molecule has 232 valence electrons. The van der Waals surface area contributed by atoms with E-state index in [9.17, 15) is 4.79 Å². The van der Waals surface area contributed by atoms with Gasteiger partial charge in [0, 0.05) is 26.1 Å². The third-order valence-corrected chi connectivity index (χ3v) is 7.99. The molecule has 0 saturated carbocycles. The van der Waals surface area contributed by atoms with Crippen molar-refractivity contribution >= 4 is 11.9 Å². The highest BCUT2D eigenvalue weighted by Gasteiger charge is 2.08. The summed E-state index contributed by atoms with van der Waals surface area (Å²) in [7, 11) is 0. The Balaban J connectivity index is 4.07. The summed E-state index contributed by atoms with van der Waals surface area (Å²) in [5.41, 5.74) is 11.7. The molecule has 0 unspecified atom stereocenters. The van der Waals surface area contributed by atoms with Crippen molar-refractivity contribution in [2.75, 3.05) is 19.6 Å². The summed E-state index contributed by atoms with van der Waals surface area (Å²) >= 11 is 0. The Morgan fingerprint density at radius 2 is 0.821 bits per heavy atom. The molecule has 0 aliphatic carbocycles. The lowest BCUT2D eigenvalue weighted by Gasteiger charge is -2.24. The maximum absolute atomic E-state index is 10.9. The molecule has 4 N–H and O–H groups in total. The van der Waals surface area contributed by atoms with Gasteiger partial charge in [0.15, 0.2) is 5.96 Å². The van der Waals surface area contributed by atoms with Gasteiger partial charge in [-0.1, -0.05) is 155 Å². The summed E-state index contributed by atoms with van der Waals surface area (Å²) in [6.07, 6.45) is 35.0. The molecule has 1 amide bonds. The summed E-state index contributed by atoms with van der Waals surface area (Å²) in [5.74, 6) is 0.466. The number of amides is 1. The first-order valence-electron chi connectivity index (χ1n) is 17.4. The standard InChI is InChI=1S/C34H70N4O/c1-3-5-7-9-11-13-15-17-19-21-23-27-31-38(34(36)37-30-26-25-29-33(35)39)32-28-24-22-20-18-16-14-12-10-8-6-4-2/h3-32H2,1-2H3,(H2,35,39)(H2,36,37). The van der Waals surface area contributed by atoms with E-state index in [0.717, 1.165) is 25.9 Å². The zero-order valence-electron chi connectivity index (χ0n) is 26.7. The molecule has 0 aliphatic heterocycles. The lowest BCUT2D eigenvalue weighted by Crippen LogP contribution is -2.39. The Bertz CT molecular complexity index is 509. The average molecular weight is 551 g/mol. The quantitative estimate of drug-likeness (QED) is 0.0512. The van der Waals surface area contributed by atoms with Gasteiger partial charge in [0.1, 0.15) is 0 Å². The van der Waals surface area contributed by atoms with Crippen molar-refractivity contribution in [2.45, 2.75) is 187 Å². The molecule has 0 saturated heterocycles. The fourth-order valence-corrected chi connectivity index (χ4v) is 5.33. The number of hydrogen-bond donors (Lipinski definition) is 2. The smallest absolute Gasteiger partial charge is 0.217 e. The zero-order chi connectivity index (χ0) is 28.7. The highest BCUT2D eigenvalue weighted by Crippen LogP contribution is 2.14. The molecule has 0 aromatic carbocycles. The van der Waals surface area contributed by atoms with E-state index in [1.54, 1.807) is 0 Å². The average Bonchev–Trinajstić information content (AvgIpc) is 2.92. The van der Waals surface area contributed by atoms with Crippen LogP contribution in [0.1, 0.15) is 187 Å². The van der Waals surface area contributed by atoms with E-state index in [1.807, 2.05) is 0 Å². The second-order valence-electron chi connectivity index (χ2n) is 11.9. The van der Waals surface area contributed by atoms with Gasteiger partial charge in [-0.25, -0.2) is 0 Å². The number of nitrogens with zero attached hydrogens (tertiary/aromatic N) is 2. The maximum Gasteiger partial charge on any atom is 0.217 e. The van der Waals surface area contributed by atoms with E-state index in [4.69, 9.17) is 11.5 Å². The minimum absolute atomic E-state index is 0.229. The van der Waals surface area contributed by atoms with E-state index in [0.29, 0.717) is 18.9 Å². The van der Waals surface area contributed by atoms with Gasteiger partial charge in [-0.15, -0.1) is 0 Å². The van der Waals surface area contributed by atoms with Gasteiger partial charge in [-0.3, -0.25) is 9.79 Å². The topological polar surface area (TPSA) is 84.7 Å². The number of carbonyl (C=O) groups excluding carboxylic acids is 1. The van der Waals surface area contributed by atoms with Gasteiger partial charge in [0.25, 0.3) is 0 Å². The van der Waals surface area contributed by atoms with Gasteiger partial charge in [-0.2, -0.15) is 0 Å². The molecular weight excluding hydrogens is 480 g/mol. The van der Waals surface area contributed by atoms with Gasteiger partial charge in [-0.05, 0) is 25.7 Å². The van der Waals surface area contributed by atoms with Crippen LogP contribution in [-0.4, -0.2) is 36.4 Å². The predicted molar refractivity (Wildman–Crippen MR) is 173 cm³/mol. The molecule has 0 spiro atoms. The van der Waals surface area contributed by atoms with Crippen LogP contribution in [0.15, 0.2) is 4.99 Å². The molecule has 0 bridgehead atoms. The Hall–Kier alpha value is -1.26. The van der Waals surface area contributed by atoms with Gasteiger partial charge in [0.2, 0.25) is 5.91 Å². The van der Waals surface area contributed by atoms with Crippen LogP contribution in [0.3, 0.4) is 0 Å². The Labute approximate surface area is 244 Å². The zero-order valence-corrected chi connectivity index (χ0v) is 26.7. The Morgan fingerprint density at radius 1 is 0.487 bits per heavy atom. The van der Waals surface area contributed by atoms with Crippen LogP contribution in [0, 0.1) is 0 Å². The number of nitrogens with two attached hydrogens (primary N) is 2. The largest absolute Gasteiger partial charge is 0.370 e. The predicted octanol–water partition coefficient (Wildman–Crippen LogP) is 9.66. The monoisotopic (exact) mass is 551 g/mol. The van der Waals surface area contributed by atoms with Gasteiger partial charge in [0.05, 0.1) is 0 Å². The molecule has 0 atom stereocenters. The fraction of sp³-hybridized carbons (Fsp3) is 0.941. The third-order valence-electron chi connectivity index (χ3n) is 7.99. The van der Waals surface area contributed by atoms with Crippen LogP contribution in [-0.2, 0) is 4.79 Å². The lowest BCUT2D eigenvalue weighted by molar-refractivity contribution is -0.118. The molecule has 0 radical (unpaired) electrons. The number of carbonyl (C=O) groups is 1. The van der Waals surface area contributed by atoms with Gasteiger partial charge < -0.3 is 16.4 Å². The first-order valence-corrected chi connectivity index (χ1v) is 17.4. The minimum atomic E-state index is -0.229. The van der Waals surface area contributed by atoms with Crippen molar-refractivity contribution < 1.29 is 4.79 Å². The van der Waals surface area contributed by atoms with Crippen LogP contribution < -0.4 is 11.5 Å². The molecular formula is C34H70N4O. The highest BCUT2D eigenvalue weighted by atomic mass is 16.1. The van der Waals surface area contributed by atoms with Crippen LogP contribution in [0.25, 0.3) is 0 Å². The molecule has 0 heterocycles. The normalized spacial score (nSPS) is 11.8. The van der Waals surface area contributed by atoms with E-state index in [-0.39, 0.29) is 5.91 Å². The number of hydrogen-bond acceptors (Lipinski definition) is 2. The minimum Gasteiger partial charge on any atom is -0.370 e. The summed E-state index contributed by atoms with van der Waals surface area (Å²) in [6.45, 7) is 7.30. The maximum atomic E-state index is 10.9. The lowest BCUT2D eigenvalue weighted by atomic mass is 10.0. The highest BCUT2D eigenvalue weighted by molar-refractivity contribution is 5.78. The number of primary amides is 1. The number of rotatable bonds is 31. The molecule has 0 fully saturated rings. The van der Waals surface area contributed by atoms with Crippen LogP contribution in [0.2, 0.25) is 0 Å². The summed E-state index contributed by atoms with van der Waals surface area (Å²) < 4.78 is 0. The van der Waals surface area contributed by atoms with E-state index in [2.05, 4.69) is 23.7 Å². The van der Waals surface area contributed by atoms with E-state index in [1.165, 1.54) is 154 Å². The van der Waals surface area contributed by atoms with Gasteiger partial charge >= 0.3 is 0 Å². The molecule has 5 nitrogen and oxygen atoms in total. The first-order chi connectivity index (χ1) is 19.1. The van der Waals surface area contributed by atoms with Crippen LogP contribution >= 0.6 is 0 Å². The van der Waals surface area contributed by atoms with Crippen LogP contribution in [0.4, 0.5) is 0 Å². The molecule has 0 aromatic heterocycles. The third kappa shape index (κ3) is 29.5. The number of guanidine groups is 1. The van der Waals surface area contributed by atoms with Crippen molar-refractivity contribution in [3.8, 4) is 0 Å². The summed E-state index contributed by atoms with van der Waals surface area (Å²) in [6, 6.07) is 0. The van der Waals surface area contributed by atoms with E-state index >= 15 is 0 Å². The molecule has 39 heavy (non-hydrogen) atoms. The Kier molecular flexibility index (Phi) is 30.3.